The van der Waals surface area contributed by atoms with Crippen molar-refractivity contribution in [3.63, 3.8) is 0 Å². The Kier molecular flexibility index (Phi) is 2.72. The van der Waals surface area contributed by atoms with Crippen LogP contribution in [0.15, 0.2) is 18.2 Å². The molecule has 2 rings (SSSR count). The van der Waals surface area contributed by atoms with E-state index in [1.807, 2.05) is 32.0 Å². The van der Waals surface area contributed by atoms with Crippen LogP contribution in [0, 0.1) is 25.2 Å². The SMILES string of the molecule is Cc1cc(C)c2nc(C#N)cc(N(C)C)c2c1. The number of anilines is 1. The minimum Gasteiger partial charge on any atom is -0.377 e. The second kappa shape index (κ2) is 4.06. The van der Waals surface area contributed by atoms with Gasteiger partial charge in [0.2, 0.25) is 0 Å². The van der Waals surface area contributed by atoms with Gasteiger partial charge >= 0.3 is 0 Å². The molecule has 0 saturated carbocycles. The summed E-state index contributed by atoms with van der Waals surface area (Å²) >= 11 is 0. The number of pyridine rings is 1. The molecule has 3 nitrogen and oxygen atoms in total. The van der Waals surface area contributed by atoms with Crippen molar-refractivity contribution in [2.75, 3.05) is 19.0 Å². The summed E-state index contributed by atoms with van der Waals surface area (Å²) in [6.07, 6.45) is 0. The third kappa shape index (κ3) is 1.94. The van der Waals surface area contributed by atoms with Crippen LogP contribution in [0.2, 0.25) is 0 Å². The average Bonchev–Trinajstić information content (AvgIpc) is 2.27. The second-order valence-electron chi connectivity index (χ2n) is 4.51. The lowest BCUT2D eigenvalue weighted by Crippen LogP contribution is -2.10. The van der Waals surface area contributed by atoms with Gasteiger partial charge in [-0.25, -0.2) is 4.98 Å². The number of nitriles is 1. The normalized spacial score (nSPS) is 10.3. The van der Waals surface area contributed by atoms with Crippen molar-refractivity contribution in [2.24, 2.45) is 0 Å². The molecule has 0 unspecified atom stereocenters. The van der Waals surface area contributed by atoms with E-state index in [4.69, 9.17) is 5.26 Å². The van der Waals surface area contributed by atoms with Crippen molar-refractivity contribution in [3.05, 3.63) is 35.0 Å². The summed E-state index contributed by atoms with van der Waals surface area (Å²) in [7, 11) is 3.96. The first kappa shape index (κ1) is 11.4. The topological polar surface area (TPSA) is 39.9 Å². The molecule has 0 aliphatic heterocycles. The molecule has 0 N–H and O–H groups in total. The van der Waals surface area contributed by atoms with Crippen LogP contribution in [0.3, 0.4) is 0 Å². The van der Waals surface area contributed by atoms with Crippen molar-refractivity contribution in [2.45, 2.75) is 13.8 Å². The van der Waals surface area contributed by atoms with Gasteiger partial charge in [0.05, 0.1) is 5.52 Å². The van der Waals surface area contributed by atoms with Gasteiger partial charge in [0.1, 0.15) is 11.8 Å². The van der Waals surface area contributed by atoms with Gasteiger partial charge in [-0.3, -0.25) is 0 Å². The Hall–Kier alpha value is -2.08. The van der Waals surface area contributed by atoms with Crippen molar-refractivity contribution < 1.29 is 0 Å². The van der Waals surface area contributed by atoms with Gasteiger partial charge in [0, 0.05) is 25.2 Å². The molecule has 1 heterocycles. The van der Waals surface area contributed by atoms with Crippen LogP contribution in [0.1, 0.15) is 16.8 Å². The van der Waals surface area contributed by atoms with Crippen LogP contribution in [0.25, 0.3) is 10.9 Å². The highest BCUT2D eigenvalue weighted by Gasteiger charge is 2.09. The molecule has 0 bridgehead atoms. The maximum Gasteiger partial charge on any atom is 0.143 e. The highest BCUT2D eigenvalue weighted by molar-refractivity contribution is 5.94. The van der Waals surface area contributed by atoms with Gasteiger partial charge < -0.3 is 4.90 Å². The summed E-state index contributed by atoms with van der Waals surface area (Å²) in [6.45, 7) is 4.10. The van der Waals surface area contributed by atoms with E-state index >= 15 is 0 Å². The molecule has 17 heavy (non-hydrogen) atoms. The average molecular weight is 225 g/mol. The molecule has 1 aromatic heterocycles. The molecule has 2 aromatic rings. The predicted octanol–water partition coefficient (Wildman–Crippen LogP) is 2.79. The van der Waals surface area contributed by atoms with Crippen molar-refractivity contribution in [3.8, 4) is 6.07 Å². The maximum atomic E-state index is 9.02. The zero-order valence-corrected chi connectivity index (χ0v) is 10.6. The molecular weight excluding hydrogens is 210 g/mol. The Labute approximate surface area is 101 Å². The Morgan fingerprint density at radius 3 is 2.47 bits per heavy atom. The molecule has 0 aliphatic carbocycles. The summed E-state index contributed by atoms with van der Waals surface area (Å²) in [5.74, 6) is 0. The standard InChI is InChI=1S/C14H15N3/c1-9-5-10(2)14-12(6-9)13(17(3)4)7-11(8-15)16-14/h5-7H,1-4H3. The van der Waals surface area contributed by atoms with Gasteiger partial charge in [0.25, 0.3) is 0 Å². The van der Waals surface area contributed by atoms with Crippen molar-refractivity contribution in [1.82, 2.24) is 4.98 Å². The summed E-state index contributed by atoms with van der Waals surface area (Å²) in [6, 6.07) is 8.16. The highest BCUT2D eigenvalue weighted by Crippen LogP contribution is 2.28. The molecule has 86 valence electrons. The van der Waals surface area contributed by atoms with Crippen LogP contribution in [0.4, 0.5) is 5.69 Å². The first-order chi connectivity index (χ1) is 8.02. The number of fused-ring (bicyclic) bond motifs is 1. The Bertz CT molecular complexity index is 621. The Morgan fingerprint density at radius 1 is 1.18 bits per heavy atom. The summed E-state index contributed by atoms with van der Waals surface area (Å²) < 4.78 is 0. The number of aromatic nitrogens is 1. The highest BCUT2D eigenvalue weighted by atomic mass is 15.1. The van der Waals surface area contributed by atoms with Crippen LogP contribution >= 0.6 is 0 Å². The lowest BCUT2D eigenvalue weighted by molar-refractivity contribution is 1.13. The number of hydrogen-bond donors (Lipinski definition) is 0. The van der Waals surface area contributed by atoms with E-state index in [1.54, 1.807) is 0 Å². The van der Waals surface area contributed by atoms with E-state index in [1.165, 1.54) is 5.56 Å². The van der Waals surface area contributed by atoms with E-state index < -0.39 is 0 Å². The zero-order valence-electron chi connectivity index (χ0n) is 10.6. The van der Waals surface area contributed by atoms with Gasteiger partial charge in [0.15, 0.2) is 0 Å². The largest absolute Gasteiger partial charge is 0.377 e. The predicted molar refractivity (Wildman–Crippen MR) is 70.3 cm³/mol. The van der Waals surface area contributed by atoms with Crippen LogP contribution < -0.4 is 4.90 Å². The van der Waals surface area contributed by atoms with Crippen LogP contribution in [0.5, 0.6) is 0 Å². The molecule has 0 fully saturated rings. The van der Waals surface area contributed by atoms with E-state index in [-0.39, 0.29) is 0 Å². The molecule has 3 heteroatoms. The summed E-state index contributed by atoms with van der Waals surface area (Å²) in [5.41, 5.74) is 4.75. The molecule has 0 atom stereocenters. The first-order valence-corrected chi connectivity index (χ1v) is 5.52. The monoisotopic (exact) mass is 225 g/mol. The van der Waals surface area contributed by atoms with Crippen LogP contribution in [-0.4, -0.2) is 19.1 Å². The third-order valence-electron chi connectivity index (χ3n) is 2.82. The van der Waals surface area contributed by atoms with Crippen molar-refractivity contribution >= 4 is 16.6 Å². The second-order valence-corrected chi connectivity index (χ2v) is 4.51. The minimum absolute atomic E-state index is 0.466. The Morgan fingerprint density at radius 2 is 1.88 bits per heavy atom. The fraction of sp³-hybridized carbons (Fsp3) is 0.286. The third-order valence-corrected chi connectivity index (χ3v) is 2.82. The molecule has 0 spiro atoms. The number of nitrogens with zero attached hydrogens (tertiary/aromatic N) is 3. The molecule has 0 aliphatic rings. The number of aryl methyl sites for hydroxylation is 2. The Balaban J connectivity index is 2.92. The van der Waals surface area contributed by atoms with Crippen LogP contribution in [-0.2, 0) is 0 Å². The summed E-state index contributed by atoms with van der Waals surface area (Å²) in [5, 5.41) is 10.1. The van der Waals surface area contributed by atoms with Gasteiger partial charge in [-0.2, -0.15) is 5.26 Å². The maximum absolute atomic E-state index is 9.02. The number of benzene rings is 1. The summed E-state index contributed by atoms with van der Waals surface area (Å²) in [4.78, 5) is 6.41. The number of rotatable bonds is 1. The fourth-order valence-electron chi connectivity index (χ4n) is 2.09. The molecule has 0 saturated heterocycles. The molecular formula is C14H15N3. The van der Waals surface area contributed by atoms with E-state index in [2.05, 4.69) is 30.1 Å². The van der Waals surface area contributed by atoms with E-state index in [0.717, 1.165) is 22.2 Å². The fourth-order valence-corrected chi connectivity index (χ4v) is 2.09. The minimum atomic E-state index is 0.466. The van der Waals surface area contributed by atoms with Crippen molar-refractivity contribution in [1.29, 1.82) is 5.26 Å². The molecule has 0 amide bonds. The smallest absolute Gasteiger partial charge is 0.143 e. The van der Waals surface area contributed by atoms with Gasteiger partial charge in [-0.15, -0.1) is 0 Å². The van der Waals surface area contributed by atoms with E-state index in [0.29, 0.717) is 5.69 Å². The zero-order chi connectivity index (χ0) is 12.6. The van der Waals surface area contributed by atoms with Gasteiger partial charge in [-0.1, -0.05) is 11.6 Å². The lowest BCUT2D eigenvalue weighted by Gasteiger charge is -2.16. The molecule has 1 aromatic carbocycles. The molecule has 0 radical (unpaired) electrons. The lowest BCUT2D eigenvalue weighted by atomic mass is 10.0. The van der Waals surface area contributed by atoms with Gasteiger partial charge in [-0.05, 0) is 31.5 Å². The number of hydrogen-bond acceptors (Lipinski definition) is 3. The first-order valence-electron chi connectivity index (χ1n) is 5.52. The quantitative estimate of drug-likeness (QED) is 0.749. The van der Waals surface area contributed by atoms with E-state index in [9.17, 15) is 0 Å².